The Kier molecular flexibility index (Phi) is 5.68. The van der Waals surface area contributed by atoms with E-state index in [4.69, 9.17) is 11.6 Å². The SMILES string of the molecule is CCCNC1CCN(C(C)c2cccc(Cl)c2)CC1. The summed E-state index contributed by atoms with van der Waals surface area (Å²) in [4.78, 5) is 2.57. The zero-order valence-electron chi connectivity index (χ0n) is 12.0. The van der Waals surface area contributed by atoms with Gasteiger partial charge in [0.15, 0.2) is 0 Å². The monoisotopic (exact) mass is 280 g/mol. The first-order chi connectivity index (χ1) is 9.20. The van der Waals surface area contributed by atoms with Gasteiger partial charge in [-0.05, 0) is 50.4 Å². The van der Waals surface area contributed by atoms with Crippen LogP contribution < -0.4 is 5.32 Å². The van der Waals surface area contributed by atoms with Crippen molar-refractivity contribution in [1.29, 1.82) is 0 Å². The van der Waals surface area contributed by atoms with E-state index in [-0.39, 0.29) is 0 Å². The maximum atomic E-state index is 6.08. The Morgan fingerprint density at radius 2 is 2.11 bits per heavy atom. The van der Waals surface area contributed by atoms with Crippen molar-refractivity contribution in [2.45, 2.75) is 45.2 Å². The molecule has 0 saturated carbocycles. The van der Waals surface area contributed by atoms with Crippen LogP contribution in [0.25, 0.3) is 0 Å². The molecule has 0 radical (unpaired) electrons. The summed E-state index contributed by atoms with van der Waals surface area (Å²) in [6.45, 7) is 8.01. The van der Waals surface area contributed by atoms with Crippen molar-refractivity contribution < 1.29 is 0 Å². The van der Waals surface area contributed by atoms with Crippen LogP contribution in [0.15, 0.2) is 24.3 Å². The van der Waals surface area contributed by atoms with E-state index in [0.717, 1.165) is 11.6 Å². The summed E-state index contributed by atoms with van der Waals surface area (Å²) in [5.41, 5.74) is 1.33. The van der Waals surface area contributed by atoms with Gasteiger partial charge in [0.05, 0.1) is 0 Å². The van der Waals surface area contributed by atoms with E-state index in [0.29, 0.717) is 12.1 Å². The molecule has 2 nitrogen and oxygen atoms in total. The highest BCUT2D eigenvalue weighted by Crippen LogP contribution is 2.25. The average molecular weight is 281 g/mol. The normalized spacial score (nSPS) is 19.5. The summed E-state index contributed by atoms with van der Waals surface area (Å²) < 4.78 is 0. The van der Waals surface area contributed by atoms with Gasteiger partial charge >= 0.3 is 0 Å². The minimum atomic E-state index is 0.464. The molecule has 1 fully saturated rings. The third-order valence-corrected chi connectivity index (χ3v) is 4.33. The summed E-state index contributed by atoms with van der Waals surface area (Å²) in [5.74, 6) is 0. The molecule has 1 atom stereocenters. The van der Waals surface area contributed by atoms with E-state index in [1.807, 2.05) is 12.1 Å². The molecule has 106 valence electrons. The van der Waals surface area contributed by atoms with Crippen molar-refractivity contribution in [1.82, 2.24) is 10.2 Å². The lowest BCUT2D eigenvalue weighted by molar-refractivity contribution is 0.153. The van der Waals surface area contributed by atoms with Gasteiger partial charge in [0, 0.05) is 30.2 Å². The topological polar surface area (TPSA) is 15.3 Å². The van der Waals surface area contributed by atoms with Crippen LogP contribution in [0.1, 0.15) is 44.7 Å². The van der Waals surface area contributed by atoms with E-state index < -0.39 is 0 Å². The van der Waals surface area contributed by atoms with E-state index in [1.165, 1.54) is 37.9 Å². The van der Waals surface area contributed by atoms with Crippen molar-refractivity contribution in [2.24, 2.45) is 0 Å². The second-order valence-electron chi connectivity index (χ2n) is 5.50. The molecule has 1 aliphatic rings. The highest BCUT2D eigenvalue weighted by Gasteiger charge is 2.23. The molecular formula is C16H25ClN2. The van der Waals surface area contributed by atoms with Gasteiger partial charge in [0.1, 0.15) is 0 Å². The number of halogens is 1. The van der Waals surface area contributed by atoms with Crippen LogP contribution in [-0.4, -0.2) is 30.6 Å². The summed E-state index contributed by atoms with van der Waals surface area (Å²) in [7, 11) is 0. The predicted octanol–water partition coefficient (Wildman–Crippen LogP) is 3.87. The van der Waals surface area contributed by atoms with E-state index in [1.54, 1.807) is 0 Å². The molecule has 1 aromatic rings. The molecule has 1 unspecified atom stereocenters. The third-order valence-electron chi connectivity index (χ3n) is 4.09. The lowest BCUT2D eigenvalue weighted by Gasteiger charge is -2.36. The zero-order chi connectivity index (χ0) is 13.7. The second kappa shape index (κ2) is 7.28. The number of likely N-dealkylation sites (tertiary alicyclic amines) is 1. The zero-order valence-corrected chi connectivity index (χ0v) is 12.8. The van der Waals surface area contributed by atoms with Crippen molar-refractivity contribution in [3.8, 4) is 0 Å². The molecule has 0 spiro atoms. The number of benzene rings is 1. The standard InChI is InChI=1S/C16H25ClN2/c1-3-9-18-16-7-10-19(11-8-16)13(2)14-5-4-6-15(17)12-14/h4-6,12-13,16,18H,3,7-11H2,1-2H3. The Morgan fingerprint density at radius 1 is 1.37 bits per heavy atom. The molecule has 1 aliphatic heterocycles. The van der Waals surface area contributed by atoms with Gasteiger partial charge in [0.25, 0.3) is 0 Å². The average Bonchev–Trinajstić information content (AvgIpc) is 2.45. The van der Waals surface area contributed by atoms with Gasteiger partial charge in [-0.3, -0.25) is 4.90 Å². The minimum Gasteiger partial charge on any atom is -0.314 e. The van der Waals surface area contributed by atoms with Crippen molar-refractivity contribution in [3.63, 3.8) is 0 Å². The van der Waals surface area contributed by atoms with E-state index in [9.17, 15) is 0 Å². The van der Waals surface area contributed by atoms with Crippen LogP contribution in [0.5, 0.6) is 0 Å². The predicted molar refractivity (Wildman–Crippen MR) is 82.8 cm³/mol. The Bertz CT molecular complexity index is 386. The number of nitrogens with zero attached hydrogens (tertiary/aromatic N) is 1. The van der Waals surface area contributed by atoms with Crippen LogP contribution in [0, 0.1) is 0 Å². The Morgan fingerprint density at radius 3 is 2.74 bits per heavy atom. The first-order valence-corrected chi connectivity index (χ1v) is 7.81. The Hall–Kier alpha value is -0.570. The van der Waals surface area contributed by atoms with Crippen LogP contribution in [0.3, 0.4) is 0 Å². The molecule has 0 aliphatic carbocycles. The largest absolute Gasteiger partial charge is 0.314 e. The van der Waals surface area contributed by atoms with Gasteiger partial charge < -0.3 is 5.32 Å². The number of rotatable bonds is 5. The van der Waals surface area contributed by atoms with Crippen molar-refractivity contribution >= 4 is 11.6 Å². The van der Waals surface area contributed by atoms with Crippen LogP contribution >= 0.6 is 11.6 Å². The molecular weight excluding hydrogens is 256 g/mol. The van der Waals surface area contributed by atoms with Crippen LogP contribution in [0.2, 0.25) is 5.02 Å². The smallest absolute Gasteiger partial charge is 0.0409 e. The maximum absolute atomic E-state index is 6.08. The van der Waals surface area contributed by atoms with E-state index in [2.05, 4.69) is 36.2 Å². The fourth-order valence-electron chi connectivity index (χ4n) is 2.82. The lowest BCUT2D eigenvalue weighted by atomic mass is 10.00. The van der Waals surface area contributed by atoms with Gasteiger partial charge in [-0.2, -0.15) is 0 Å². The summed E-state index contributed by atoms with van der Waals surface area (Å²) in [6.07, 6.45) is 3.73. The van der Waals surface area contributed by atoms with Crippen molar-refractivity contribution in [2.75, 3.05) is 19.6 Å². The summed E-state index contributed by atoms with van der Waals surface area (Å²) in [6, 6.07) is 9.43. The first kappa shape index (κ1) is 14.8. The summed E-state index contributed by atoms with van der Waals surface area (Å²) in [5, 5.41) is 4.47. The van der Waals surface area contributed by atoms with Gasteiger partial charge in [-0.1, -0.05) is 30.7 Å². The van der Waals surface area contributed by atoms with Crippen LogP contribution in [-0.2, 0) is 0 Å². The minimum absolute atomic E-state index is 0.464. The highest BCUT2D eigenvalue weighted by molar-refractivity contribution is 6.30. The highest BCUT2D eigenvalue weighted by atomic mass is 35.5. The summed E-state index contributed by atoms with van der Waals surface area (Å²) >= 11 is 6.08. The molecule has 19 heavy (non-hydrogen) atoms. The molecule has 2 rings (SSSR count). The fourth-order valence-corrected chi connectivity index (χ4v) is 3.02. The number of piperidine rings is 1. The number of nitrogens with one attached hydrogen (secondary N) is 1. The number of hydrogen-bond donors (Lipinski definition) is 1. The molecule has 1 aromatic carbocycles. The molecule has 3 heteroatoms. The van der Waals surface area contributed by atoms with Crippen LogP contribution in [0.4, 0.5) is 0 Å². The molecule has 0 amide bonds. The molecule has 0 bridgehead atoms. The first-order valence-electron chi connectivity index (χ1n) is 7.43. The third kappa shape index (κ3) is 4.20. The maximum Gasteiger partial charge on any atom is 0.0409 e. The quantitative estimate of drug-likeness (QED) is 0.881. The Labute approximate surface area is 122 Å². The molecule has 1 saturated heterocycles. The lowest BCUT2D eigenvalue weighted by Crippen LogP contribution is -2.43. The number of hydrogen-bond acceptors (Lipinski definition) is 2. The second-order valence-corrected chi connectivity index (χ2v) is 5.93. The molecule has 1 heterocycles. The molecule has 1 N–H and O–H groups in total. The van der Waals surface area contributed by atoms with Gasteiger partial charge in [-0.15, -0.1) is 0 Å². The Balaban J connectivity index is 1.87. The fraction of sp³-hybridized carbons (Fsp3) is 0.625. The van der Waals surface area contributed by atoms with Gasteiger partial charge in [-0.25, -0.2) is 0 Å². The van der Waals surface area contributed by atoms with E-state index >= 15 is 0 Å². The van der Waals surface area contributed by atoms with Crippen molar-refractivity contribution in [3.05, 3.63) is 34.9 Å². The van der Waals surface area contributed by atoms with Gasteiger partial charge in [0.2, 0.25) is 0 Å². The molecule has 0 aromatic heterocycles.